The maximum Gasteiger partial charge on any atom is 0.219 e. The van der Waals surface area contributed by atoms with Crippen molar-refractivity contribution in [2.45, 2.75) is 19.4 Å². The summed E-state index contributed by atoms with van der Waals surface area (Å²) < 4.78 is 17.1. The molecular weight excluding hydrogens is 318 g/mol. The van der Waals surface area contributed by atoms with E-state index in [0.717, 1.165) is 23.3 Å². The van der Waals surface area contributed by atoms with E-state index < -0.39 is 0 Å². The molecule has 5 nitrogen and oxygen atoms in total. The van der Waals surface area contributed by atoms with Gasteiger partial charge in [-0.1, -0.05) is 18.2 Å². The standard InChI is InChI=1S/C20H23NO4/c1-14(22)21-10-9-15-11-18(23-2)19(24-3)12-17(15)20(13-21)25-16-7-5-4-6-8-16/h4-8,11-12,20H,9-10,13H2,1-3H3. The molecule has 0 N–H and O–H groups in total. The van der Waals surface area contributed by atoms with Gasteiger partial charge in [0.05, 0.1) is 20.8 Å². The summed E-state index contributed by atoms with van der Waals surface area (Å²) in [7, 11) is 3.25. The quantitative estimate of drug-likeness (QED) is 0.857. The number of hydrogen-bond donors (Lipinski definition) is 0. The molecule has 0 saturated carbocycles. The molecule has 0 spiro atoms. The smallest absolute Gasteiger partial charge is 0.219 e. The van der Waals surface area contributed by atoms with E-state index in [2.05, 4.69) is 0 Å². The van der Waals surface area contributed by atoms with Gasteiger partial charge in [0.2, 0.25) is 5.91 Å². The molecule has 0 saturated heterocycles. The zero-order valence-corrected chi connectivity index (χ0v) is 14.8. The maximum absolute atomic E-state index is 12.0. The van der Waals surface area contributed by atoms with E-state index in [-0.39, 0.29) is 12.0 Å². The van der Waals surface area contributed by atoms with Gasteiger partial charge in [-0.25, -0.2) is 0 Å². The summed E-state index contributed by atoms with van der Waals surface area (Å²) in [5.74, 6) is 2.18. The van der Waals surface area contributed by atoms with Crippen LogP contribution >= 0.6 is 0 Å². The van der Waals surface area contributed by atoms with Gasteiger partial charge < -0.3 is 19.1 Å². The Balaban J connectivity index is 2.02. The van der Waals surface area contributed by atoms with Gasteiger partial charge in [-0.2, -0.15) is 0 Å². The van der Waals surface area contributed by atoms with E-state index in [1.54, 1.807) is 21.1 Å². The van der Waals surface area contributed by atoms with Gasteiger partial charge in [-0.15, -0.1) is 0 Å². The highest BCUT2D eigenvalue weighted by Gasteiger charge is 2.27. The van der Waals surface area contributed by atoms with E-state index in [1.807, 2.05) is 47.4 Å². The SMILES string of the molecule is COc1cc2c(cc1OC)C(Oc1ccccc1)CN(C(C)=O)CC2. The Morgan fingerprint density at radius 3 is 2.40 bits per heavy atom. The second kappa shape index (κ2) is 7.47. The van der Waals surface area contributed by atoms with Crippen molar-refractivity contribution in [3.63, 3.8) is 0 Å². The third-order valence-electron chi connectivity index (χ3n) is 4.50. The minimum Gasteiger partial charge on any atom is -0.493 e. The molecule has 1 heterocycles. The molecule has 132 valence electrons. The first kappa shape index (κ1) is 17.1. The monoisotopic (exact) mass is 341 g/mol. The van der Waals surface area contributed by atoms with Crippen molar-refractivity contribution in [1.82, 2.24) is 4.90 Å². The summed E-state index contributed by atoms with van der Waals surface area (Å²) in [6, 6.07) is 13.6. The van der Waals surface area contributed by atoms with Gasteiger partial charge in [0.1, 0.15) is 11.9 Å². The topological polar surface area (TPSA) is 48.0 Å². The molecule has 2 aromatic rings. The summed E-state index contributed by atoms with van der Waals surface area (Å²) in [5.41, 5.74) is 2.15. The normalized spacial score (nSPS) is 16.6. The number of amides is 1. The van der Waals surface area contributed by atoms with Crippen LogP contribution < -0.4 is 14.2 Å². The van der Waals surface area contributed by atoms with Crippen LogP contribution in [0.25, 0.3) is 0 Å². The lowest BCUT2D eigenvalue weighted by Gasteiger charge is -2.25. The summed E-state index contributed by atoms with van der Waals surface area (Å²) in [5, 5.41) is 0. The first-order valence-electron chi connectivity index (χ1n) is 8.34. The van der Waals surface area contributed by atoms with Crippen molar-refractivity contribution in [3.05, 3.63) is 53.6 Å². The van der Waals surface area contributed by atoms with Crippen LogP contribution in [0.4, 0.5) is 0 Å². The fourth-order valence-electron chi connectivity index (χ4n) is 3.15. The Bertz CT molecular complexity index is 745. The number of hydrogen-bond acceptors (Lipinski definition) is 4. The van der Waals surface area contributed by atoms with Crippen LogP contribution in [0, 0.1) is 0 Å². The van der Waals surface area contributed by atoms with E-state index in [4.69, 9.17) is 14.2 Å². The van der Waals surface area contributed by atoms with Gasteiger partial charge in [0.15, 0.2) is 11.5 Å². The van der Waals surface area contributed by atoms with Gasteiger partial charge in [0.25, 0.3) is 0 Å². The third kappa shape index (κ3) is 3.71. The molecule has 25 heavy (non-hydrogen) atoms. The van der Waals surface area contributed by atoms with Crippen LogP contribution in [0.15, 0.2) is 42.5 Å². The Kier molecular flexibility index (Phi) is 5.12. The third-order valence-corrected chi connectivity index (χ3v) is 4.50. The fraction of sp³-hybridized carbons (Fsp3) is 0.350. The van der Waals surface area contributed by atoms with Crippen LogP contribution in [0.1, 0.15) is 24.2 Å². The highest BCUT2D eigenvalue weighted by atomic mass is 16.5. The van der Waals surface area contributed by atoms with Crippen LogP contribution in [0.2, 0.25) is 0 Å². The lowest BCUT2D eigenvalue weighted by Crippen LogP contribution is -2.34. The van der Waals surface area contributed by atoms with Gasteiger partial charge >= 0.3 is 0 Å². The lowest BCUT2D eigenvalue weighted by atomic mass is 10.00. The summed E-state index contributed by atoms with van der Waals surface area (Å²) in [4.78, 5) is 13.8. The largest absolute Gasteiger partial charge is 0.493 e. The molecule has 1 aliphatic heterocycles. The molecule has 0 radical (unpaired) electrons. The van der Waals surface area contributed by atoms with E-state index >= 15 is 0 Å². The number of ether oxygens (including phenoxy) is 3. The summed E-state index contributed by atoms with van der Waals surface area (Å²) in [6.45, 7) is 2.76. The molecule has 2 aromatic carbocycles. The predicted molar refractivity (Wildman–Crippen MR) is 95.3 cm³/mol. The summed E-state index contributed by atoms with van der Waals surface area (Å²) in [6.07, 6.45) is 0.493. The first-order chi connectivity index (χ1) is 12.1. The molecule has 3 rings (SSSR count). The Morgan fingerprint density at radius 2 is 1.76 bits per heavy atom. The van der Waals surface area contributed by atoms with Crippen molar-refractivity contribution in [1.29, 1.82) is 0 Å². The molecule has 1 atom stereocenters. The second-order valence-electron chi connectivity index (χ2n) is 6.04. The van der Waals surface area contributed by atoms with Crippen molar-refractivity contribution in [3.8, 4) is 17.2 Å². The average molecular weight is 341 g/mol. The van der Waals surface area contributed by atoms with E-state index in [1.165, 1.54) is 0 Å². The van der Waals surface area contributed by atoms with E-state index in [0.29, 0.717) is 24.6 Å². The Labute approximate surface area is 148 Å². The number of nitrogens with zero attached hydrogens (tertiary/aromatic N) is 1. The van der Waals surface area contributed by atoms with Gasteiger partial charge in [0, 0.05) is 19.0 Å². The predicted octanol–water partition coefficient (Wildman–Crippen LogP) is 3.23. The molecule has 1 aliphatic rings. The zero-order chi connectivity index (χ0) is 17.8. The Morgan fingerprint density at radius 1 is 1.08 bits per heavy atom. The lowest BCUT2D eigenvalue weighted by molar-refractivity contribution is -0.129. The van der Waals surface area contributed by atoms with Crippen molar-refractivity contribution >= 4 is 5.91 Å². The molecule has 1 unspecified atom stereocenters. The Hall–Kier alpha value is -2.69. The zero-order valence-electron chi connectivity index (χ0n) is 14.8. The minimum absolute atomic E-state index is 0.0494. The first-order valence-corrected chi connectivity index (χ1v) is 8.34. The molecular formula is C20H23NO4. The maximum atomic E-state index is 12.0. The number of para-hydroxylation sites is 1. The second-order valence-corrected chi connectivity index (χ2v) is 6.04. The molecule has 0 aliphatic carbocycles. The van der Waals surface area contributed by atoms with Crippen molar-refractivity contribution in [2.75, 3.05) is 27.3 Å². The molecule has 0 aromatic heterocycles. The average Bonchev–Trinajstić information content (AvgIpc) is 2.81. The van der Waals surface area contributed by atoms with Crippen molar-refractivity contribution < 1.29 is 19.0 Å². The van der Waals surface area contributed by atoms with Crippen molar-refractivity contribution in [2.24, 2.45) is 0 Å². The van der Waals surface area contributed by atoms with Crippen LogP contribution in [-0.2, 0) is 11.2 Å². The molecule has 5 heteroatoms. The number of carbonyl (C=O) groups is 1. The molecule has 0 fully saturated rings. The van der Waals surface area contributed by atoms with Crippen LogP contribution in [0.5, 0.6) is 17.2 Å². The van der Waals surface area contributed by atoms with Crippen LogP contribution in [0.3, 0.4) is 0 Å². The number of carbonyl (C=O) groups excluding carboxylic acids is 1. The highest BCUT2D eigenvalue weighted by Crippen LogP contribution is 2.37. The van der Waals surface area contributed by atoms with E-state index in [9.17, 15) is 4.79 Å². The number of methoxy groups -OCH3 is 2. The highest BCUT2D eigenvalue weighted by molar-refractivity contribution is 5.73. The number of rotatable bonds is 4. The number of fused-ring (bicyclic) bond motifs is 1. The fourth-order valence-corrected chi connectivity index (χ4v) is 3.15. The number of benzene rings is 2. The van der Waals surface area contributed by atoms with Gasteiger partial charge in [-0.3, -0.25) is 4.79 Å². The summed E-state index contributed by atoms with van der Waals surface area (Å²) >= 11 is 0. The minimum atomic E-state index is -0.261. The van der Waals surface area contributed by atoms with Gasteiger partial charge in [-0.05, 0) is 36.2 Å². The molecule has 1 amide bonds. The van der Waals surface area contributed by atoms with Crippen LogP contribution in [-0.4, -0.2) is 38.1 Å². The molecule has 0 bridgehead atoms.